The summed E-state index contributed by atoms with van der Waals surface area (Å²) in [6.45, 7) is 2.09. The maximum absolute atomic E-state index is 5.48. The smallest absolute Gasteiger partial charge is 0.261 e. The average molecular weight is 193 g/mol. The number of ether oxygens (including phenoxy) is 1. The van der Waals surface area contributed by atoms with E-state index in [2.05, 4.69) is 18.3 Å². The lowest BCUT2D eigenvalue weighted by Gasteiger charge is -2.26. The van der Waals surface area contributed by atoms with Crippen molar-refractivity contribution in [3.05, 3.63) is 29.8 Å². The van der Waals surface area contributed by atoms with Gasteiger partial charge in [0.15, 0.2) is 0 Å². The summed E-state index contributed by atoms with van der Waals surface area (Å²) < 4.78 is 5.48. The largest absolute Gasteiger partial charge is 0.463 e. The van der Waals surface area contributed by atoms with Gasteiger partial charge in [-0.15, -0.1) is 0 Å². The molecule has 1 atom stereocenters. The molecule has 0 saturated heterocycles. The van der Waals surface area contributed by atoms with Crippen LogP contribution in [-0.2, 0) is 4.74 Å². The second kappa shape index (κ2) is 3.34. The highest BCUT2D eigenvalue weighted by atomic mass is 32.1. The SMILES string of the molecule is CCC1OC(=S)Nc2ccccc21. The van der Waals surface area contributed by atoms with E-state index in [1.54, 1.807) is 0 Å². The summed E-state index contributed by atoms with van der Waals surface area (Å²) in [5.41, 5.74) is 2.27. The van der Waals surface area contributed by atoms with Crippen LogP contribution in [0, 0.1) is 0 Å². The van der Waals surface area contributed by atoms with Gasteiger partial charge < -0.3 is 10.1 Å². The van der Waals surface area contributed by atoms with Gasteiger partial charge in [0.25, 0.3) is 5.17 Å². The van der Waals surface area contributed by atoms with Crippen molar-refractivity contribution in [1.29, 1.82) is 0 Å². The average Bonchev–Trinajstić information content (AvgIpc) is 2.16. The summed E-state index contributed by atoms with van der Waals surface area (Å²) >= 11 is 4.99. The predicted octanol–water partition coefficient (Wildman–Crippen LogP) is 2.86. The van der Waals surface area contributed by atoms with Crippen LogP contribution >= 0.6 is 12.2 Å². The van der Waals surface area contributed by atoms with E-state index in [1.807, 2.05) is 18.2 Å². The molecule has 1 aromatic carbocycles. The van der Waals surface area contributed by atoms with Crippen molar-refractivity contribution in [3.63, 3.8) is 0 Å². The molecule has 1 aliphatic heterocycles. The number of fused-ring (bicyclic) bond motifs is 1. The second-order valence-corrected chi connectivity index (χ2v) is 3.39. The zero-order valence-electron chi connectivity index (χ0n) is 7.41. The van der Waals surface area contributed by atoms with Gasteiger partial charge in [0.1, 0.15) is 6.10 Å². The monoisotopic (exact) mass is 193 g/mol. The van der Waals surface area contributed by atoms with Gasteiger partial charge in [0.2, 0.25) is 0 Å². The minimum absolute atomic E-state index is 0.116. The third-order valence-corrected chi connectivity index (χ3v) is 2.36. The summed E-state index contributed by atoms with van der Waals surface area (Å²) in [4.78, 5) is 0. The van der Waals surface area contributed by atoms with E-state index < -0.39 is 0 Å². The molecule has 0 saturated carbocycles. The van der Waals surface area contributed by atoms with E-state index in [9.17, 15) is 0 Å². The molecule has 1 aliphatic rings. The van der Waals surface area contributed by atoms with Crippen LogP contribution in [0.25, 0.3) is 0 Å². The van der Waals surface area contributed by atoms with Gasteiger partial charge in [-0.2, -0.15) is 0 Å². The van der Waals surface area contributed by atoms with Gasteiger partial charge in [-0.1, -0.05) is 25.1 Å². The highest BCUT2D eigenvalue weighted by molar-refractivity contribution is 7.80. The van der Waals surface area contributed by atoms with Crippen LogP contribution in [0.5, 0.6) is 0 Å². The fourth-order valence-corrected chi connectivity index (χ4v) is 1.75. The molecule has 1 unspecified atom stereocenters. The lowest BCUT2D eigenvalue weighted by atomic mass is 10.0. The Kier molecular flexibility index (Phi) is 2.19. The standard InChI is InChI=1S/C10H11NOS/c1-2-9-7-5-3-4-6-8(7)11-10(13)12-9/h3-6,9H,2H2,1H3,(H,11,13). The van der Waals surface area contributed by atoms with Gasteiger partial charge in [0, 0.05) is 11.3 Å². The minimum Gasteiger partial charge on any atom is -0.463 e. The summed E-state index contributed by atoms with van der Waals surface area (Å²) in [6.07, 6.45) is 1.06. The van der Waals surface area contributed by atoms with Crippen molar-refractivity contribution in [2.45, 2.75) is 19.4 Å². The number of nitrogens with one attached hydrogen (secondary N) is 1. The summed E-state index contributed by atoms with van der Waals surface area (Å²) in [6, 6.07) is 8.10. The molecule has 0 aromatic heterocycles. The maximum Gasteiger partial charge on any atom is 0.261 e. The van der Waals surface area contributed by atoms with Crippen molar-refractivity contribution in [1.82, 2.24) is 0 Å². The van der Waals surface area contributed by atoms with E-state index >= 15 is 0 Å². The molecule has 0 fully saturated rings. The molecule has 2 nitrogen and oxygen atoms in total. The Morgan fingerprint density at radius 3 is 3.00 bits per heavy atom. The Morgan fingerprint density at radius 2 is 2.23 bits per heavy atom. The van der Waals surface area contributed by atoms with Gasteiger partial charge in [-0.3, -0.25) is 0 Å². The number of hydrogen-bond donors (Lipinski definition) is 1. The number of thiocarbonyl (C=S) groups is 1. The van der Waals surface area contributed by atoms with E-state index in [4.69, 9.17) is 17.0 Å². The normalized spacial score (nSPS) is 20.1. The Labute approximate surface area is 82.9 Å². The molecule has 0 aliphatic carbocycles. The van der Waals surface area contributed by atoms with Crippen molar-refractivity contribution in [2.24, 2.45) is 0 Å². The zero-order valence-corrected chi connectivity index (χ0v) is 8.23. The molecular weight excluding hydrogens is 182 g/mol. The molecule has 1 aromatic rings. The molecule has 1 N–H and O–H groups in total. The second-order valence-electron chi connectivity index (χ2n) is 3.01. The third kappa shape index (κ3) is 1.52. The van der Waals surface area contributed by atoms with Crippen LogP contribution in [0.1, 0.15) is 25.0 Å². The third-order valence-electron chi connectivity index (χ3n) is 2.16. The quantitative estimate of drug-likeness (QED) is 0.693. The molecule has 3 heteroatoms. The first-order valence-corrected chi connectivity index (χ1v) is 4.78. The first-order valence-electron chi connectivity index (χ1n) is 4.38. The van der Waals surface area contributed by atoms with E-state index in [-0.39, 0.29) is 6.10 Å². The molecular formula is C10H11NOS. The van der Waals surface area contributed by atoms with Crippen LogP contribution in [0.4, 0.5) is 5.69 Å². The first-order chi connectivity index (χ1) is 6.31. The predicted molar refractivity (Wildman–Crippen MR) is 56.8 cm³/mol. The molecule has 2 rings (SSSR count). The van der Waals surface area contributed by atoms with E-state index in [1.165, 1.54) is 5.56 Å². The molecule has 0 bridgehead atoms. The van der Waals surface area contributed by atoms with Crippen molar-refractivity contribution >= 4 is 23.1 Å². The van der Waals surface area contributed by atoms with Crippen molar-refractivity contribution in [3.8, 4) is 0 Å². The number of benzene rings is 1. The lowest BCUT2D eigenvalue weighted by Crippen LogP contribution is -2.23. The van der Waals surface area contributed by atoms with E-state index in [0.717, 1.165) is 12.1 Å². The van der Waals surface area contributed by atoms with Gasteiger partial charge in [-0.25, -0.2) is 0 Å². The van der Waals surface area contributed by atoms with Crippen molar-refractivity contribution < 1.29 is 4.74 Å². The Hall–Kier alpha value is -1.09. The molecule has 0 amide bonds. The molecule has 68 valence electrons. The molecule has 0 spiro atoms. The first kappa shape index (κ1) is 8.51. The van der Waals surface area contributed by atoms with Crippen LogP contribution in [0.15, 0.2) is 24.3 Å². The topological polar surface area (TPSA) is 21.3 Å². The fraction of sp³-hybridized carbons (Fsp3) is 0.300. The Morgan fingerprint density at radius 1 is 1.46 bits per heavy atom. The van der Waals surface area contributed by atoms with E-state index in [0.29, 0.717) is 5.17 Å². The number of para-hydroxylation sites is 1. The molecule has 1 heterocycles. The Bertz CT molecular complexity index is 337. The van der Waals surface area contributed by atoms with Crippen LogP contribution in [-0.4, -0.2) is 5.17 Å². The zero-order chi connectivity index (χ0) is 9.26. The fourth-order valence-electron chi connectivity index (χ4n) is 1.53. The molecule has 0 radical (unpaired) electrons. The molecule has 13 heavy (non-hydrogen) atoms. The summed E-state index contributed by atoms with van der Waals surface area (Å²) in [5.74, 6) is 0. The van der Waals surface area contributed by atoms with Crippen LogP contribution in [0.2, 0.25) is 0 Å². The number of hydrogen-bond acceptors (Lipinski definition) is 2. The van der Waals surface area contributed by atoms with Gasteiger partial charge in [0.05, 0.1) is 0 Å². The number of anilines is 1. The Balaban J connectivity index is 2.42. The summed E-state index contributed by atoms with van der Waals surface area (Å²) in [7, 11) is 0. The van der Waals surface area contributed by atoms with Crippen LogP contribution in [0.3, 0.4) is 0 Å². The maximum atomic E-state index is 5.48. The minimum atomic E-state index is 0.116. The highest BCUT2D eigenvalue weighted by Gasteiger charge is 2.21. The van der Waals surface area contributed by atoms with Gasteiger partial charge in [-0.05, 0) is 24.7 Å². The summed E-state index contributed by atoms with van der Waals surface area (Å²) in [5, 5.41) is 3.51. The number of rotatable bonds is 1. The van der Waals surface area contributed by atoms with Crippen LogP contribution < -0.4 is 5.32 Å². The van der Waals surface area contributed by atoms with Gasteiger partial charge >= 0.3 is 0 Å². The lowest BCUT2D eigenvalue weighted by molar-refractivity contribution is 0.188. The van der Waals surface area contributed by atoms with Crippen molar-refractivity contribution in [2.75, 3.05) is 5.32 Å². The highest BCUT2D eigenvalue weighted by Crippen LogP contribution is 2.32.